The van der Waals surface area contributed by atoms with Crippen molar-refractivity contribution in [1.82, 2.24) is 5.32 Å². The molecule has 2 rings (SSSR count). The maximum atomic E-state index is 12.9. The summed E-state index contributed by atoms with van der Waals surface area (Å²) < 4.78 is 17.9. The Hall–Kier alpha value is -2.47. The lowest BCUT2D eigenvalue weighted by Crippen LogP contribution is -2.28. The van der Waals surface area contributed by atoms with E-state index in [0.717, 1.165) is 16.8 Å². The molecule has 0 bridgehead atoms. The summed E-state index contributed by atoms with van der Waals surface area (Å²) in [6.07, 6.45) is 0. The standard InChI is InChI=1S/C18H19FN2O2S/c1-3-23-17(22)15-5-4-6-16(12(15)2)21-18(24)20-11-13-7-9-14(19)10-8-13/h4-10H,3,11H2,1-2H3,(H2,20,21,24). The zero-order chi connectivity index (χ0) is 17.5. The summed E-state index contributed by atoms with van der Waals surface area (Å²) in [7, 11) is 0. The highest BCUT2D eigenvalue weighted by Crippen LogP contribution is 2.19. The first kappa shape index (κ1) is 17.9. The first-order valence-electron chi connectivity index (χ1n) is 7.57. The van der Waals surface area contributed by atoms with Gasteiger partial charge in [-0.1, -0.05) is 18.2 Å². The number of thiocarbonyl (C=S) groups is 1. The van der Waals surface area contributed by atoms with Gasteiger partial charge in [0.25, 0.3) is 0 Å². The second-order valence-corrected chi connectivity index (χ2v) is 5.54. The van der Waals surface area contributed by atoms with Crippen LogP contribution in [0.25, 0.3) is 0 Å². The monoisotopic (exact) mass is 346 g/mol. The number of carbonyl (C=O) groups excluding carboxylic acids is 1. The number of carbonyl (C=O) groups is 1. The van der Waals surface area contributed by atoms with E-state index in [4.69, 9.17) is 17.0 Å². The number of ether oxygens (including phenoxy) is 1. The van der Waals surface area contributed by atoms with Crippen molar-refractivity contribution in [2.24, 2.45) is 0 Å². The first-order valence-corrected chi connectivity index (χ1v) is 7.98. The SMILES string of the molecule is CCOC(=O)c1cccc(NC(=S)NCc2ccc(F)cc2)c1C. The van der Waals surface area contributed by atoms with E-state index < -0.39 is 0 Å². The van der Waals surface area contributed by atoms with Gasteiger partial charge in [-0.25, -0.2) is 9.18 Å². The van der Waals surface area contributed by atoms with E-state index >= 15 is 0 Å². The highest BCUT2D eigenvalue weighted by molar-refractivity contribution is 7.80. The van der Waals surface area contributed by atoms with Crippen molar-refractivity contribution in [2.45, 2.75) is 20.4 Å². The van der Waals surface area contributed by atoms with E-state index in [-0.39, 0.29) is 11.8 Å². The minimum atomic E-state index is -0.358. The van der Waals surface area contributed by atoms with Gasteiger partial charge in [-0.15, -0.1) is 0 Å². The molecule has 0 saturated heterocycles. The normalized spacial score (nSPS) is 10.1. The van der Waals surface area contributed by atoms with E-state index in [1.807, 2.05) is 13.0 Å². The molecule has 6 heteroatoms. The van der Waals surface area contributed by atoms with Gasteiger partial charge >= 0.3 is 5.97 Å². The average molecular weight is 346 g/mol. The molecule has 0 spiro atoms. The van der Waals surface area contributed by atoms with Gasteiger partial charge in [-0.2, -0.15) is 0 Å². The molecule has 0 aromatic heterocycles. The van der Waals surface area contributed by atoms with Gasteiger partial charge in [0, 0.05) is 12.2 Å². The van der Waals surface area contributed by atoms with Gasteiger partial charge in [-0.05, 0) is 61.5 Å². The predicted molar refractivity (Wildman–Crippen MR) is 96.6 cm³/mol. The number of hydrogen-bond acceptors (Lipinski definition) is 3. The number of nitrogens with one attached hydrogen (secondary N) is 2. The highest BCUT2D eigenvalue weighted by Gasteiger charge is 2.13. The molecule has 2 aromatic rings. The Morgan fingerprint density at radius 2 is 1.92 bits per heavy atom. The number of anilines is 1. The van der Waals surface area contributed by atoms with E-state index in [9.17, 15) is 9.18 Å². The van der Waals surface area contributed by atoms with Gasteiger partial charge in [0.1, 0.15) is 5.82 Å². The quantitative estimate of drug-likeness (QED) is 0.637. The van der Waals surface area contributed by atoms with Crippen LogP contribution in [0, 0.1) is 12.7 Å². The van der Waals surface area contributed by atoms with Crippen LogP contribution in [0.1, 0.15) is 28.4 Å². The molecule has 126 valence electrons. The maximum absolute atomic E-state index is 12.9. The molecule has 24 heavy (non-hydrogen) atoms. The molecule has 0 saturated carbocycles. The fourth-order valence-electron chi connectivity index (χ4n) is 2.15. The van der Waals surface area contributed by atoms with Crippen molar-refractivity contribution in [1.29, 1.82) is 0 Å². The van der Waals surface area contributed by atoms with Crippen LogP contribution in [0.3, 0.4) is 0 Å². The third kappa shape index (κ3) is 4.76. The molecular weight excluding hydrogens is 327 g/mol. The Bertz CT molecular complexity index is 732. The smallest absolute Gasteiger partial charge is 0.338 e. The van der Waals surface area contributed by atoms with Crippen LogP contribution in [0.5, 0.6) is 0 Å². The molecule has 0 aliphatic rings. The van der Waals surface area contributed by atoms with Gasteiger partial charge in [0.2, 0.25) is 0 Å². The van der Waals surface area contributed by atoms with Crippen LogP contribution in [0.2, 0.25) is 0 Å². The van der Waals surface area contributed by atoms with E-state index in [2.05, 4.69) is 10.6 Å². The fourth-order valence-corrected chi connectivity index (χ4v) is 2.33. The van der Waals surface area contributed by atoms with Crippen molar-refractivity contribution in [3.63, 3.8) is 0 Å². The molecule has 0 radical (unpaired) electrons. The average Bonchev–Trinajstić information content (AvgIpc) is 2.56. The predicted octanol–water partition coefficient (Wildman–Crippen LogP) is 3.80. The molecule has 0 atom stereocenters. The summed E-state index contributed by atoms with van der Waals surface area (Å²) in [6, 6.07) is 11.5. The van der Waals surface area contributed by atoms with Crippen molar-refractivity contribution < 1.29 is 13.9 Å². The topological polar surface area (TPSA) is 50.4 Å². The minimum absolute atomic E-state index is 0.272. The second kappa shape index (κ2) is 8.40. The summed E-state index contributed by atoms with van der Waals surface area (Å²) in [5.74, 6) is -0.630. The Balaban J connectivity index is 1.99. The summed E-state index contributed by atoms with van der Waals surface area (Å²) in [5.41, 5.74) is 2.92. The third-order valence-electron chi connectivity index (χ3n) is 3.44. The van der Waals surface area contributed by atoms with E-state index in [1.54, 1.807) is 31.2 Å². The molecular formula is C18H19FN2O2S. The summed E-state index contributed by atoms with van der Waals surface area (Å²) in [6.45, 7) is 4.40. The molecule has 0 unspecified atom stereocenters. The zero-order valence-electron chi connectivity index (χ0n) is 13.6. The summed E-state index contributed by atoms with van der Waals surface area (Å²) in [4.78, 5) is 11.9. The van der Waals surface area contributed by atoms with Crippen molar-refractivity contribution in [3.8, 4) is 0 Å². The van der Waals surface area contributed by atoms with Crippen LogP contribution in [0.15, 0.2) is 42.5 Å². The molecule has 2 aromatic carbocycles. The number of halogens is 1. The molecule has 0 heterocycles. The van der Waals surface area contributed by atoms with E-state index in [0.29, 0.717) is 23.8 Å². The van der Waals surface area contributed by atoms with Gasteiger partial charge in [0.05, 0.1) is 12.2 Å². The maximum Gasteiger partial charge on any atom is 0.338 e. The number of hydrogen-bond donors (Lipinski definition) is 2. The van der Waals surface area contributed by atoms with Gasteiger partial charge < -0.3 is 15.4 Å². The van der Waals surface area contributed by atoms with Crippen molar-refractivity contribution in [2.75, 3.05) is 11.9 Å². The van der Waals surface area contributed by atoms with E-state index in [1.165, 1.54) is 12.1 Å². The Morgan fingerprint density at radius 3 is 2.58 bits per heavy atom. The molecule has 4 nitrogen and oxygen atoms in total. The number of esters is 1. The lowest BCUT2D eigenvalue weighted by molar-refractivity contribution is 0.0525. The van der Waals surface area contributed by atoms with Crippen LogP contribution < -0.4 is 10.6 Å². The van der Waals surface area contributed by atoms with Crippen LogP contribution in [-0.2, 0) is 11.3 Å². The Morgan fingerprint density at radius 1 is 1.21 bits per heavy atom. The largest absolute Gasteiger partial charge is 0.462 e. The molecule has 0 aliphatic carbocycles. The minimum Gasteiger partial charge on any atom is -0.462 e. The lowest BCUT2D eigenvalue weighted by atomic mass is 10.1. The molecule has 0 aliphatic heterocycles. The van der Waals surface area contributed by atoms with Gasteiger partial charge in [-0.3, -0.25) is 0 Å². The van der Waals surface area contributed by atoms with Gasteiger partial charge in [0.15, 0.2) is 5.11 Å². The fraction of sp³-hybridized carbons (Fsp3) is 0.222. The molecule has 0 amide bonds. The van der Waals surface area contributed by atoms with Crippen molar-refractivity contribution >= 4 is 29.0 Å². The summed E-state index contributed by atoms with van der Waals surface area (Å²) in [5, 5.41) is 6.54. The third-order valence-corrected chi connectivity index (χ3v) is 3.69. The second-order valence-electron chi connectivity index (χ2n) is 5.13. The van der Waals surface area contributed by atoms with Crippen LogP contribution >= 0.6 is 12.2 Å². The zero-order valence-corrected chi connectivity index (χ0v) is 14.4. The first-order chi connectivity index (χ1) is 11.5. The molecule has 0 fully saturated rings. The number of rotatable bonds is 5. The summed E-state index contributed by atoms with van der Waals surface area (Å²) >= 11 is 5.27. The lowest BCUT2D eigenvalue weighted by Gasteiger charge is -2.14. The number of benzene rings is 2. The highest BCUT2D eigenvalue weighted by atomic mass is 32.1. The van der Waals surface area contributed by atoms with Crippen LogP contribution in [-0.4, -0.2) is 17.7 Å². The molecule has 2 N–H and O–H groups in total. The Kier molecular flexibility index (Phi) is 6.26. The Labute approximate surface area is 146 Å². The van der Waals surface area contributed by atoms with Crippen LogP contribution in [0.4, 0.5) is 10.1 Å². The van der Waals surface area contributed by atoms with Crippen molar-refractivity contribution in [3.05, 3.63) is 65.0 Å².